The first-order chi connectivity index (χ1) is 6.02. The van der Waals surface area contributed by atoms with Crippen LogP contribution in [-0.2, 0) is 0 Å². The van der Waals surface area contributed by atoms with Gasteiger partial charge in [0.25, 0.3) is 0 Å². The van der Waals surface area contributed by atoms with Crippen LogP contribution in [0.15, 0.2) is 6.20 Å². The standard InChI is InChI=1S/C9H17N3S/c1-7-5-10-9(13)12(7)8(2)6-11(3)4/h5,8H,6H2,1-4H3,(H,10,13). The Morgan fingerprint density at radius 2 is 2.23 bits per heavy atom. The van der Waals surface area contributed by atoms with E-state index in [1.165, 1.54) is 5.69 Å². The van der Waals surface area contributed by atoms with Gasteiger partial charge in [0.15, 0.2) is 4.77 Å². The van der Waals surface area contributed by atoms with E-state index in [1.54, 1.807) is 0 Å². The molecule has 0 aromatic carbocycles. The first kappa shape index (κ1) is 10.5. The van der Waals surface area contributed by atoms with Crippen LogP contribution in [0, 0.1) is 11.7 Å². The molecule has 0 saturated heterocycles. The van der Waals surface area contributed by atoms with Crippen LogP contribution in [0.25, 0.3) is 0 Å². The van der Waals surface area contributed by atoms with E-state index in [4.69, 9.17) is 12.2 Å². The van der Waals surface area contributed by atoms with Crippen LogP contribution >= 0.6 is 12.2 Å². The van der Waals surface area contributed by atoms with Gasteiger partial charge in [-0.2, -0.15) is 0 Å². The predicted octanol–water partition coefficient (Wildman–Crippen LogP) is 1.98. The molecule has 1 aromatic rings. The molecule has 0 spiro atoms. The van der Waals surface area contributed by atoms with Gasteiger partial charge in [0.1, 0.15) is 0 Å². The molecule has 1 unspecified atom stereocenters. The Bertz CT molecular complexity index is 324. The van der Waals surface area contributed by atoms with Gasteiger partial charge in [-0.15, -0.1) is 0 Å². The number of rotatable bonds is 3. The Kier molecular flexibility index (Phi) is 3.27. The molecule has 0 aliphatic rings. The summed E-state index contributed by atoms with van der Waals surface area (Å²) in [6, 6.07) is 0.425. The molecule has 1 heterocycles. The first-order valence-corrected chi connectivity index (χ1v) is 4.84. The Morgan fingerprint density at radius 3 is 2.62 bits per heavy atom. The molecule has 74 valence electrons. The zero-order valence-corrected chi connectivity index (χ0v) is 9.48. The van der Waals surface area contributed by atoms with E-state index in [0.717, 1.165) is 11.3 Å². The summed E-state index contributed by atoms with van der Waals surface area (Å²) in [6.07, 6.45) is 1.95. The lowest BCUT2D eigenvalue weighted by molar-refractivity contribution is 0.333. The van der Waals surface area contributed by atoms with Crippen molar-refractivity contribution in [2.45, 2.75) is 19.9 Å². The van der Waals surface area contributed by atoms with Crippen molar-refractivity contribution < 1.29 is 0 Å². The molecular weight excluding hydrogens is 182 g/mol. The van der Waals surface area contributed by atoms with Crippen LogP contribution in [0.4, 0.5) is 0 Å². The highest BCUT2D eigenvalue weighted by molar-refractivity contribution is 7.71. The number of aryl methyl sites for hydroxylation is 1. The fourth-order valence-corrected chi connectivity index (χ4v) is 2.01. The fraction of sp³-hybridized carbons (Fsp3) is 0.667. The number of aromatic amines is 1. The van der Waals surface area contributed by atoms with Gasteiger partial charge in [-0.25, -0.2) is 0 Å². The Labute approximate surface area is 84.4 Å². The van der Waals surface area contributed by atoms with Gasteiger partial charge in [0.2, 0.25) is 0 Å². The lowest BCUT2D eigenvalue weighted by atomic mass is 10.3. The smallest absolute Gasteiger partial charge is 0.177 e. The third-order valence-corrected chi connectivity index (χ3v) is 2.39. The summed E-state index contributed by atoms with van der Waals surface area (Å²) in [5.41, 5.74) is 1.19. The number of hydrogen-bond acceptors (Lipinski definition) is 2. The zero-order chi connectivity index (χ0) is 10.0. The maximum absolute atomic E-state index is 5.19. The fourth-order valence-electron chi connectivity index (χ4n) is 1.62. The second-order valence-electron chi connectivity index (χ2n) is 3.72. The number of hydrogen-bond donors (Lipinski definition) is 1. The molecule has 0 saturated carbocycles. The summed E-state index contributed by atoms with van der Waals surface area (Å²) in [6.45, 7) is 5.25. The lowest BCUT2D eigenvalue weighted by Gasteiger charge is -2.19. The molecule has 3 nitrogen and oxygen atoms in total. The van der Waals surface area contributed by atoms with E-state index in [-0.39, 0.29) is 0 Å². The van der Waals surface area contributed by atoms with Crippen LogP contribution in [0.2, 0.25) is 0 Å². The molecule has 0 fully saturated rings. The zero-order valence-electron chi connectivity index (χ0n) is 8.66. The van der Waals surface area contributed by atoms with Crippen molar-refractivity contribution in [2.24, 2.45) is 0 Å². The number of nitrogens with one attached hydrogen (secondary N) is 1. The van der Waals surface area contributed by atoms with Gasteiger partial charge in [-0.1, -0.05) is 0 Å². The summed E-state index contributed by atoms with van der Waals surface area (Å²) in [5.74, 6) is 0. The Hall–Kier alpha value is -0.610. The number of H-pyrrole nitrogens is 1. The molecule has 0 bridgehead atoms. The second kappa shape index (κ2) is 4.07. The molecule has 1 atom stereocenters. The molecule has 1 rings (SSSR count). The van der Waals surface area contributed by atoms with Crippen molar-refractivity contribution in [1.29, 1.82) is 0 Å². The maximum Gasteiger partial charge on any atom is 0.177 e. The summed E-state index contributed by atoms with van der Waals surface area (Å²) in [4.78, 5) is 5.22. The van der Waals surface area contributed by atoms with Crippen LogP contribution < -0.4 is 0 Å². The summed E-state index contributed by atoms with van der Waals surface area (Å²) in [7, 11) is 4.14. The third-order valence-electron chi connectivity index (χ3n) is 2.07. The average Bonchev–Trinajstić information content (AvgIpc) is 2.29. The van der Waals surface area contributed by atoms with E-state index in [0.29, 0.717) is 6.04 Å². The summed E-state index contributed by atoms with van der Waals surface area (Å²) >= 11 is 5.19. The molecule has 0 radical (unpaired) electrons. The number of imidazole rings is 1. The largest absolute Gasteiger partial charge is 0.337 e. The molecule has 0 aliphatic heterocycles. The molecule has 1 aromatic heterocycles. The molecule has 0 aliphatic carbocycles. The minimum Gasteiger partial charge on any atom is -0.337 e. The number of aromatic nitrogens is 2. The van der Waals surface area contributed by atoms with Gasteiger partial charge in [0, 0.05) is 24.5 Å². The van der Waals surface area contributed by atoms with Gasteiger partial charge in [0.05, 0.1) is 0 Å². The van der Waals surface area contributed by atoms with Crippen molar-refractivity contribution in [2.75, 3.05) is 20.6 Å². The van der Waals surface area contributed by atoms with Gasteiger partial charge < -0.3 is 14.5 Å². The average molecular weight is 199 g/mol. The third kappa shape index (κ3) is 2.42. The van der Waals surface area contributed by atoms with E-state index in [1.807, 2.05) is 6.20 Å². The molecule has 0 amide bonds. The van der Waals surface area contributed by atoms with Gasteiger partial charge in [-0.3, -0.25) is 0 Å². The summed E-state index contributed by atoms with van der Waals surface area (Å²) in [5, 5.41) is 0. The highest BCUT2D eigenvalue weighted by Gasteiger charge is 2.08. The number of likely N-dealkylation sites (N-methyl/N-ethyl adjacent to an activating group) is 1. The monoisotopic (exact) mass is 199 g/mol. The van der Waals surface area contributed by atoms with E-state index < -0.39 is 0 Å². The Balaban J connectivity index is 2.88. The van der Waals surface area contributed by atoms with E-state index in [9.17, 15) is 0 Å². The maximum atomic E-state index is 5.19. The van der Waals surface area contributed by atoms with Crippen LogP contribution in [0.5, 0.6) is 0 Å². The predicted molar refractivity (Wildman–Crippen MR) is 57.6 cm³/mol. The lowest BCUT2D eigenvalue weighted by Crippen LogP contribution is -2.23. The van der Waals surface area contributed by atoms with Crippen molar-refractivity contribution in [1.82, 2.24) is 14.5 Å². The van der Waals surface area contributed by atoms with Crippen LogP contribution in [-0.4, -0.2) is 35.1 Å². The van der Waals surface area contributed by atoms with Crippen LogP contribution in [0.3, 0.4) is 0 Å². The van der Waals surface area contributed by atoms with Crippen molar-refractivity contribution in [3.05, 3.63) is 16.7 Å². The summed E-state index contributed by atoms with van der Waals surface area (Å²) < 4.78 is 2.96. The minimum absolute atomic E-state index is 0.425. The first-order valence-electron chi connectivity index (χ1n) is 4.43. The van der Waals surface area contributed by atoms with Crippen molar-refractivity contribution in [3.63, 3.8) is 0 Å². The van der Waals surface area contributed by atoms with Gasteiger partial charge >= 0.3 is 0 Å². The SMILES string of the molecule is Cc1c[nH]c(=S)n1C(C)CN(C)C. The van der Waals surface area contributed by atoms with Crippen molar-refractivity contribution in [3.8, 4) is 0 Å². The quantitative estimate of drug-likeness (QED) is 0.753. The molecule has 4 heteroatoms. The normalized spacial score (nSPS) is 13.6. The van der Waals surface area contributed by atoms with E-state index >= 15 is 0 Å². The van der Waals surface area contributed by atoms with Crippen molar-refractivity contribution >= 4 is 12.2 Å². The van der Waals surface area contributed by atoms with Gasteiger partial charge in [-0.05, 0) is 40.2 Å². The molecule has 1 N–H and O–H groups in total. The Morgan fingerprint density at radius 1 is 1.62 bits per heavy atom. The van der Waals surface area contributed by atoms with Crippen LogP contribution in [0.1, 0.15) is 18.7 Å². The molecule has 13 heavy (non-hydrogen) atoms. The minimum atomic E-state index is 0.425. The number of nitrogens with zero attached hydrogens (tertiary/aromatic N) is 2. The molecular formula is C9H17N3S. The van der Waals surface area contributed by atoms with E-state index in [2.05, 4.69) is 42.4 Å². The highest BCUT2D eigenvalue weighted by Crippen LogP contribution is 2.10. The second-order valence-corrected chi connectivity index (χ2v) is 4.10. The highest BCUT2D eigenvalue weighted by atomic mass is 32.1. The topological polar surface area (TPSA) is 24.0 Å².